The van der Waals surface area contributed by atoms with Gasteiger partial charge in [-0.25, -0.2) is 14.5 Å². The molecule has 0 unspecified atom stereocenters. The fourth-order valence-corrected chi connectivity index (χ4v) is 7.22. The molecule has 43 heavy (non-hydrogen) atoms. The molecular weight excluding hydrogens is 577 g/mol. The number of hydrogen-bond donors (Lipinski definition) is 1. The maximum absolute atomic E-state index is 13.8. The third-order valence-electron chi connectivity index (χ3n) is 8.46. The Morgan fingerprint density at radius 1 is 1.09 bits per heavy atom. The summed E-state index contributed by atoms with van der Waals surface area (Å²) in [6.07, 6.45) is 4.34. The minimum atomic E-state index is -4.91. The highest BCUT2D eigenvalue weighted by Crippen LogP contribution is 2.40. The van der Waals surface area contributed by atoms with Crippen molar-refractivity contribution in [1.82, 2.24) is 19.1 Å². The van der Waals surface area contributed by atoms with Crippen molar-refractivity contribution in [1.29, 1.82) is 0 Å². The molecule has 228 valence electrons. The van der Waals surface area contributed by atoms with Gasteiger partial charge in [0, 0.05) is 18.3 Å². The van der Waals surface area contributed by atoms with Crippen molar-refractivity contribution in [2.24, 2.45) is 0 Å². The summed E-state index contributed by atoms with van der Waals surface area (Å²) in [6.45, 7) is 4.71. The highest BCUT2D eigenvalue weighted by Gasteiger charge is 2.41. The summed E-state index contributed by atoms with van der Waals surface area (Å²) in [5.74, 6) is -0.383. The van der Waals surface area contributed by atoms with E-state index in [1.807, 2.05) is 11.9 Å². The van der Waals surface area contributed by atoms with E-state index in [1.54, 1.807) is 12.1 Å². The van der Waals surface area contributed by atoms with E-state index in [-0.39, 0.29) is 5.82 Å². The Labute approximate surface area is 253 Å². The quantitative estimate of drug-likeness (QED) is 0.248. The highest BCUT2D eigenvalue weighted by molar-refractivity contribution is 7.97. The average molecular weight is 613 g/mol. The lowest BCUT2D eigenvalue weighted by atomic mass is 9.89. The molecule has 1 aliphatic heterocycles. The standard InChI is InChI=1S/C32H35F3N4O3S/c1-20-17-22(21-13-15-38(16-14-21)43-24-10-11-24)9-12-28(20)42-19-23-5-2-3-6-25(23)27-7-4-8-29(37-27)39-30(32(33,34)35)26(18-36-39)31(40)41/h4,7-9,12,17-18,21,24H,2-3,5-6,10-11,13-16,19H2,1H3,(H,40,41). The largest absolute Gasteiger partial charge is 0.489 e. The number of alkyl halides is 3. The van der Waals surface area contributed by atoms with Crippen LogP contribution in [0.3, 0.4) is 0 Å². The van der Waals surface area contributed by atoms with Gasteiger partial charge in [-0.15, -0.1) is 0 Å². The molecule has 3 aliphatic rings. The van der Waals surface area contributed by atoms with Crippen molar-refractivity contribution in [2.75, 3.05) is 19.7 Å². The zero-order valence-electron chi connectivity index (χ0n) is 24.1. The Balaban J connectivity index is 1.18. The van der Waals surface area contributed by atoms with Gasteiger partial charge < -0.3 is 9.84 Å². The normalized spacial score (nSPS) is 18.7. The second-order valence-electron chi connectivity index (χ2n) is 11.6. The van der Waals surface area contributed by atoms with Crippen molar-refractivity contribution < 1.29 is 27.8 Å². The fourth-order valence-electron chi connectivity index (χ4n) is 6.03. The van der Waals surface area contributed by atoms with Gasteiger partial charge in [-0.3, -0.25) is 4.31 Å². The lowest BCUT2D eigenvalue weighted by molar-refractivity contribution is -0.143. The molecule has 6 rings (SSSR count). The summed E-state index contributed by atoms with van der Waals surface area (Å²) >= 11 is 2.04. The molecule has 11 heteroatoms. The maximum Gasteiger partial charge on any atom is 0.434 e. The minimum Gasteiger partial charge on any atom is -0.489 e. The first-order valence-electron chi connectivity index (χ1n) is 14.9. The second-order valence-corrected chi connectivity index (χ2v) is 13.0. The zero-order valence-corrected chi connectivity index (χ0v) is 24.9. The van der Waals surface area contributed by atoms with E-state index in [1.165, 1.54) is 37.3 Å². The smallest absolute Gasteiger partial charge is 0.434 e. The third kappa shape index (κ3) is 6.77. The molecule has 1 saturated carbocycles. The molecule has 2 fully saturated rings. The van der Waals surface area contributed by atoms with Crippen LogP contribution in [0.4, 0.5) is 13.2 Å². The topological polar surface area (TPSA) is 80.5 Å². The van der Waals surface area contributed by atoms with Crippen LogP contribution in [-0.4, -0.2) is 55.1 Å². The number of hydrogen-bond acceptors (Lipinski definition) is 6. The number of carbonyl (C=O) groups is 1. The van der Waals surface area contributed by atoms with Gasteiger partial charge in [-0.05, 0) is 105 Å². The number of aromatic nitrogens is 3. The lowest BCUT2D eigenvalue weighted by Crippen LogP contribution is -2.28. The number of pyridine rings is 1. The second kappa shape index (κ2) is 12.4. The molecule has 3 aromatic rings. The van der Waals surface area contributed by atoms with E-state index in [0.29, 0.717) is 29.1 Å². The van der Waals surface area contributed by atoms with Crippen molar-refractivity contribution >= 4 is 23.5 Å². The van der Waals surface area contributed by atoms with Crippen LogP contribution in [-0.2, 0) is 6.18 Å². The number of nitrogens with zero attached hydrogens (tertiary/aromatic N) is 4. The Morgan fingerprint density at radius 2 is 1.86 bits per heavy atom. The number of piperidine rings is 1. The summed E-state index contributed by atoms with van der Waals surface area (Å²) in [5.41, 5.74) is 2.77. The lowest BCUT2D eigenvalue weighted by Gasteiger charge is -2.31. The first-order chi connectivity index (χ1) is 20.7. The number of aryl methyl sites for hydroxylation is 1. The van der Waals surface area contributed by atoms with Crippen LogP contribution in [0.1, 0.15) is 90.2 Å². The van der Waals surface area contributed by atoms with Gasteiger partial charge in [0.2, 0.25) is 0 Å². The van der Waals surface area contributed by atoms with Gasteiger partial charge in [0.15, 0.2) is 11.5 Å². The van der Waals surface area contributed by atoms with Gasteiger partial charge in [-0.2, -0.15) is 18.3 Å². The first kappa shape index (κ1) is 29.7. The molecule has 3 heterocycles. The summed E-state index contributed by atoms with van der Waals surface area (Å²) < 4.78 is 50.8. The third-order valence-corrected chi connectivity index (χ3v) is 9.89. The van der Waals surface area contributed by atoms with Crippen molar-refractivity contribution in [2.45, 2.75) is 75.6 Å². The average Bonchev–Trinajstić information content (AvgIpc) is 3.68. The van der Waals surface area contributed by atoms with Crippen molar-refractivity contribution in [3.05, 3.63) is 76.2 Å². The van der Waals surface area contributed by atoms with Crippen LogP contribution >= 0.6 is 11.9 Å². The number of benzene rings is 1. The monoisotopic (exact) mass is 612 g/mol. The number of carboxylic acids is 1. The number of allylic oxidation sites excluding steroid dienone is 1. The van der Waals surface area contributed by atoms with E-state index in [0.717, 1.165) is 66.5 Å². The van der Waals surface area contributed by atoms with E-state index in [4.69, 9.17) is 4.74 Å². The van der Waals surface area contributed by atoms with Crippen LogP contribution in [0.5, 0.6) is 5.75 Å². The molecule has 0 bridgehead atoms. The van der Waals surface area contributed by atoms with Crippen molar-refractivity contribution in [3.8, 4) is 11.6 Å². The Hall–Kier alpha value is -3.31. The molecule has 1 aromatic carbocycles. The predicted octanol–water partition coefficient (Wildman–Crippen LogP) is 7.69. The molecule has 0 amide bonds. The van der Waals surface area contributed by atoms with E-state index < -0.39 is 23.4 Å². The molecule has 7 nitrogen and oxygen atoms in total. The van der Waals surface area contributed by atoms with Gasteiger partial charge >= 0.3 is 12.1 Å². The highest BCUT2D eigenvalue weighted by atomic mass is 32.2. The van der Waals surface area contributed by atoms with Crippen LogP contribution in [0.15, 0.2) is 48.2 Å². The number of rotatable bonds is 9. The zero-order chi connectivity index (χ0) is 30.1. The minimum absolute atomic E-state index is 0.0842. The number of halogens is 3. The molecule has 2 aliphatic carbocycles. The number of aromatic carboxylic acids is 1. The molecule has 2 aromatic heterocycles. The summed E-state index contributed by atoms with van der Waals surface area (Å²) in [5, 5.41) is 13.9. The fraction of sp³-hybridized carbons (Fsp3) is 0.469. The number of carboxylic acid groups (broad SMARTS) is 1. The SMILES string of the molecule is Cc1cc(C2CCN(SC3CC3)CC2)ccc1OCC1=C(c2cccc(-n3ncc(C(=O)O)c3C(F)(F)F)n2)CCCC1. The van der Waals surface area contributed by atoms with Crippen LogP contribution < -0.4 is 4.74 Å². The van der Waals surface area contributed by atoms with Gasteiger partial charge in [0.25, 0.3) is 0 Å². The van der Waals surface area contributed by atoms with E-state index in [2.05, 4.69) is 39.5 Å². The van der Waals surface area contributed by atoms with Crippen molar-refractivity contribution in [3.63, 3.8) is 0 Å². The van der Waals surface area contributed by atoms with Gasteiger partial charge in [-0.1, -0.05) is 30.1 Å². The molecule has 0 spiro atoms. The molecule has 0 radical (unpaired) electrons. The first-order valence-corrected chi connectivity index (χ1v) is 15.7. The van der Waals surface area contributed by atoms with Crippen LogP contribution in [0.2, 0.25) is 0 Å². The molecule has 1 N–H and O–H groups in total. The van der Waals surface area contributed by atoms with E-state index in [9.17, 15) is 23.1 Å². The maximum atomic E-state index is 13.8. The molecule has 0 atom stereocenters. The number of ether oxygens (including phenoxy) is 1. The van der Waals surface area contributed by atoms with Crippen LogP contribution in [0, 0.1) is 6.92 Å². The van der Waals surface area contributed by atoms with E-state index >= 15 is 0 Å². The Bertz CT molecular complexity index is 1520. The summed E-state index contributed by atoms with van der Waals surface area (Å²) in [6, 6.07) is 11.3. The summed E-state index contributed by atoms with van der Waals surface area (Å²) in [7, 11) is 0. The van der Waals surface area contributed by atoms with Gasteiger partial charge in [0.05, 0.1) is 11.9 Å². The predicted molar refractivity (Wildman–Crippen MR) is 160 cm³/mol. The van der Waals surface area contributed by atoms with Gasteiger partial charge in [0.1, 0.15) is 17.9 Å². The Kier molecular flexibility index (Phi) is 8.55. The Morgan fingerprint density at radius 3 is 2.56 bits per heavy atom. The van der Waals surface area contributed by atoms with Crippen LogP contribution in [0.25, 0.3) is 11.4 Å². The summed E-state index contributed by atoms with van der Waals surface area (Å²) in [4.78, 5) is 15.9. The molecule has 1 saturated heterocycles. The molecular formula is C32H35F3N4O3S.